The lowest BCUT2D eigenvalue weighted by Gasteiger charge is -2.39. The van der Waals surface area contributed by atoms with Crippen LogP contribution >= 0.6 is 0 Å². The van der Waals surface area contributed by atoms with Crippen LogP contribution in [0.1, 0.15) is 39.3 Å². The molecule has 1 unspecified atom stereocenters. The van der Waals surface area contributed by atoms with E-state index in [0.717, 1.165) is 12.7 Å². The smallest absolute Gasteiger partial charge is 0.413 e. The van der Waals surface area contributed by atoms with Crippen molar-refractivity contribution in [2.45, 2.75) is 45.5 Å². The van der Waals surface area contributed by atoms with Crippen LogP contribution in [0.5, 0.6) is 0 Å². The van der Waals surface area contributed by atoms with Gasteiger partial charge >= 0.3 is 12.3 Å². The van der Waals surface area contributed by atoms with Crippen LogP contribution in [0.25, 0.3) is 0 Å². The molecule has 1 amide bonds. The van der Waals surface area contributed by atoms with Gasteiger partial charge in [-0.1, -0.05) is 13.0 Å². The van der Waals surface area contributed by atoms with E-state index < -0.39 is 23.9 Å². The highest BCUT2D eigenvalue weighted by Gasteiger charge is 2.45. The third kappa shape index (κ3) is 6.35. The van der Waals surface area contributed by atoms with Crippen molar-refractivity contribution >= 4 is 11.9 Å². The van der Waals surface area contributed by atoms with E-state index in [1.54, 1.807) is 20.8 Å². The maximum Gasteiger partial charge on any atom is 0.413 e. The number of carbonyl (C=O) groups excluding carboxylic acids is 1. The van der Waals surface area contributed by atoms with Crippen molar-refractivity contribution in [3.8, 4) is 0 Å². The third-order valence-electron chi connectivity index (χ3n) is 4.26. The number of ether oxygens (including phenoxy) is 1. The lowest BCUT2D eigenvalue weighted by molar-refractivity contribution is -0.190. The minimum atomic E-state index is -4.41. The number of hydrogen-bond acceptors (Lipinski definition) is 5. The molecule has 0 radical (unpaired) electrons. The molecule has 1 aliphatic rings. The maximum atomic E-state index is 13.7. The van der Waals surface area contributed by atoms with Crippen LogP contribution in [0.4, 0.5) is 23.8 Å². The quantitative estimate of drug-likeness (QED) is 0.853. The van der Waals surface area contributed by atoms with Crippen molar-refractivity contribution in [3.05, 3.63) is 23.9 Å². The Morgan fingerprint density at radius 3 is 2.30 bits per heavy atom. The van der Waals surface area contributed by atoms with E-state index in [1.807, 2.05) is 6.92 Å². The Morgan fingerprint density at radius 1 is 1.22 bits per heavy atom. The Balaban J connectivity index is 2.10. The molecule has 1 aromatic heterocycles. The molecule has 1 N–H and O–H groups in total. The Morgan fingerprint density at radius 2 is 1.85 bits per heavy atom. The average Bonchev–Trinajstić information content (AvgIpc) is 2.54. The second-order valence-corrected chi connectivity index (χ2v) is 7.52. The molecule has 1 aliphatic heterocycles. The van der Waals surface area contributed by atoms with E-state index in [1.165, 1.54) is 17.0 Å². The van der Waals surface area contributed by atoms with Crippen molar-refractivity contribution in [1.29, 1.82) is 0 Å². The summed E-state index contributed by atoms with van der Waals surface area (Å²) in [5.74, 6) is 0.143. The molecule has 1 atom stereocenters. The highest BCUT2D eigenvalue weighted by molar-refractivity contribution is 5.83. The van der Waals surface area contributed by atoms with Gasteiger partial charge < -0.3 is 9.64 Å². The Kier molecular flexibility index (Phi) is 6.69. The van der Waals surface area contributed by atoms with Gasteiger partial charge in [0.25, 0.3) is 0 Å². The first-order valence-corrected chi connectivity index (χ1v) is 8.98. The second-order valence-electron chi connectivity index (χ2n) is 7.52. The predicted molar refractivity (Wildman–Crippen MR) is 96.6 cm³/mol. The number of halogens is 3. The fraction of sp³-hybridized carbons (Fsp3) is 0.667. The summed E-state index contributed by atoms with van der Waals surface area (Å²) in [6.07, 6.45) is -3.95. The molecule has 9 heteroatoms. The zero-order chi connectivity index (χ0) is 20.2. The van der Waals surface area contributed by atoms with Gasteiger partial charge in [-0.2, -0.15) is 13.2 Å². The van der Waals surface area contributed by atoms with E-state index in [9.17, 15) is 18.0 Å². The zero-order valence-corrected chi connectivity index (χ0v) is 16.1. The van der Waals surface area contributed by atoms with Crippen molar-refractivity contribution in [2.75, 3.05) is 38.0 Å². The van der Waals surface area contributed by atoms with E-state index in [0.29, 0.717) is 26.2 Å². The molecule has 27 heavy (non-hydrogen) atoms. The molecular weight excluding hydrogens is 361 g/mol. The first-order chi connectivity index (χ1) is 12.5. The topological polar surface area (TPSA) is 57.7 Å². The summed E-state index contributed by atoms with van der Waals surface area (Å²) in [5, 5.41) is 2.42. The average molecular weight is 388 g/mol. The zero-order valence-electron chi connectivity index (χ0n) is 16.1. The number of amides is 1. The standard InChI is InChI=1S/C18H27F3N4O2/c1-5-24-8-10-25(11-9-24)15(18(19,20)21)13-6-7-14(22-12-13)23-16(26)27-17(2,3)4/h6-7,12,15H,5,8-11H2,1-4H3,(H,22,23,26). The first-order valence-electron chi connectivity index (χ1n) is 8.98. The van der Waals surface area contributed by atoms with Crippen molar-refractivity contribution < 1.29 is 22.7 Å². The van der Waals surface area contributed by atoms with Gasteiger partial charge in [-0.25, -0.2) is 9.78 Å². The predicted octanol–water partition coefficient (Wildman–Crippen LogP) is 3.67. The number of rotatable bonds is 4. The lowest BCUT2D eigenvalue weighted by atomic mass is 10.1. The number of anilines is 1. The van der Waals surface area contributed by atoms with Gasteiger partial charge in [0.05, 0.1) is 0 Å². The number of carbonyl (C=O) groups is 1. The van der Waals surface area contributed by atoms with Gasteiger partial charge in [0.2, 0.25) is 0 Å². The van der Waals surface area contributed by atoms with Crippen LogP contribution in [-0.2, 0) is 4.74 Å². The molecule has 2 rings (SSSR count). The molecule has 0 saturated carbocycles. The van der Waals surface area contributed by atoms with Crippen LogP contribution < -0.4 is 5.32 Å². The normalized spacial score (nSPS) is 18.2. The molecule has 1 fully saturated rings. The Bertz CT molecular complexity index is 621. The number of alkyl halides is 3. The fourth-order valence-electron chi connectivity index (χ4n) is 2.99. The fourth-order valence-corrected chi connectivity index (χ4v) is 2.99. The van der Waals surface area contributed by atoms with Crippen molar-refractivity contribution in [2.24, 2.45) is 0 Å². The molecule has 0 aliphatic carbocycles. The minimum Gasteiger partial charge on any atom is -0.444 e. The summed E-state index contributed by atoms with van der Waals surface area (Å²) < 4.78 is 46.2. The van der Waals surface area contributed by atoms with E-state index >= 15 is 0 Å². The van der Waals surface area contributed by atoms with Gasteiger partial charge in [-0.3, -0.25) is 10.2 Å². The number of hydrogen-bond donors (Lipinski definition) is 1. The van der Waals surface area contributed by atoms with Crippen LogP contribution in [0, 0.1) is 0 Å². The summed E-state index contributed by atoms with van der Waals surface area (Å²) in [6, 6.07) is 1.00. The minimum absolute atomic E-state index is 0.0576. The summed E-state index contributed by atoms with van der Waals surface area (Å²) in [6.45, 7) is 9.88. The number of nitrogens with one attached hydrogen (secondary N) is 1. The van der Waals surface area contributed by atoms with Crippen LogP contribution in [0.3, 0.4) is 0 Å². The van der Waals surface area contributed by atoms with Gasteiger partial charge in [-0.15, -0.1) is 0 Å². The van der Waals surface area contributed by atoms with Crippen molar-refractivity contribution in [3.63, 3.8) is 0 Å². The first kappa shape index (κ1) is 21.4. The van der Waals surface area contributed by atoms with Crippen LogP contribution in [-0.4, -0.2) is 65.4 Å². The number of pyridine rings is 1. The second kappa shape index (κ2) is 8.43. The van der Waals surface area contributed by atoms with E-state index in [4.69, 9.17) is 4.74 Å². The van der Waals surface area contributed by atoms with Crippen LogP contribution in [0.2, 0.25) is 0 Å². The SMILES string of the molecule is CCN1CCN(C(c2ccc(NC(=O)OC(C)(C)C)nc2)C(F)(F)F)CC1. The highest BCUT2D eigenvalue weighted by Crippen LogP contribution is 2.38. The van der Waals surface area contributed by atoms with Gasteiger partial charge in [0.15, 0.2) is 0 Å². The molecular formula is C18H27F3N4O2. The molecule has 6 nitrogen and oxygen atoms in total. The van der Waals surface area contributed by atoms with Crippen molar-refractivity contribution in [1.82, 2.24) is 14.8 Å². The number of piperazine rings is 1. The number of aromatic nitrogens is 1. The molecule has 0 bridgehead atoms. The lowest BCUT2D eigenvalue weighted by Crippen LogP contribution is -2.50. The largest absolute Gasteiger partial charge is 0.444 e. The summed E-state index contributed by atoms with van der Waals surface area (Å²) in [5.41, 5.74) is -0.617. The van der Waals surface area contributed by atoms with Gasteiger partial charge in [0, 0.05) is 32.4 Å². The van der Waals surface area contributed by atoms with E-state index in [2.05, 4.69) is 15.2 Å². The Labute approximate surface area is 157 Å². The molecule has 0 aromatic carbocycles. The summed E-state index contributed by atoms with van der Waals surface area (Å²) in [4.78, 5) is 19.3. The van der Waals surface area contributed by atoms with Crippen LogP contribution in [0.15, 0.2) is 18.3 Å². The maximum absolute atomic E-state index is 13.7. The molecule has 152 valence electrons. The summed E-state index contributed by atoms with van der Waals surface area (Å²) >= 11 is 0. The van der Waals surface area contributed by atoms with Gasteiger partial charge in [0.1, 0.15) is 17.5 Å². The molecule has 0 spiro atoms. The summed E-state index contributed by atoms with van der Waals surface area (Å²) in [7, 11) is 0. The van der Waals surface area contributed by atoms with E-state index in [-0.39, 0.29) is 11.4 Å². The molecule has 1 aromatic rings. The number of likely N-dealkylation sites (N-methyl/N-ethyl adjacent to an activating group) is 1. The number of nitrogens with zero attached hydrogens (tertiary/aromatic N) is 3. The molecule has 2 heterocycles. The Hall–Kier alpha value is -1.87. The van der Waals surface area contributed by atoms with Gasteiger partial charge in [-0.05, 0) is 38.9 Å². The monoisotopic (exact) mass is 388 g/mol. The molecule has 1 saturated heterocycles. The third-order valence-corrected chi connectivity index (χ3v) is 4.26. The highest BCUT2D eigenvalue weighted by atomic mass is 19.4.